The quantitative estimate of drug-likeness (QED) is 0.464. The first-order valence-electron chi connectivity index (χ1n) is 8.22. The van der Waals surface area contributed by atoms with Crippen molar-refractivity contribution in [3.8, 4) is 11.3 Å². The summed E-state index contributed by atoms with van der Waals surface area (Å²) in [5.41, 5.74) is 2.46. The van der Waals surface area contributed by atoms with Gasteiger partial charge in [0, 0.05) is 18.7 Å². The molecule has 25 heavy (non-hydrogen) atoms. The minimum Gasteiger partial charge on any atom is -0.460 e. The van der Waals surface area contributed by atoms with Gasteiger partial charge in [0.1, 0.15) is 4.88 Å². The van der Waals surface area contributed by atoms with Crippen LogP contribution in [0.5, 0.6) is 0 Å². The number of anilines is 1. The van der Waals surface area contributed by atoms with Crippen LogP contribution in [0.1, 0.15) is 22.2 Å². The smallest absolute Gasteiger partial charge is 0.380 e. The maximum absolute atomic E-state index is 12.5. The highest BCUT2D eigenvalue weighted by Crippen LogP contribution is 2.34. The third kappa shape index (κ3) is 3.88. The Hall–Kier alpha value is -2.25. The highest BCUT2D eigenvalue weighted by Gasteiger charge is 2.28. The van der Waals surface area contributed by atoms with Crippen molar-refractivity contribution in [2.75, 3.05) is 37.8 Å². The second kappa shape index (κ2) is 7.76. The van der Waals surface area contributed by atoms with E-state index >= 15 is 0 Å². The van der Waals surface area contributed by atoms with Gasteiger partial charge in [-0.05, 0) is 13.8 Å². The molecule has 0 bridgehead atoms. The third-order valence-electron chi connectivity index (χ3n) is 3.89. The predicted molar refractivity (Wildman–Crippen MR) is 96.3 cm³/mol. The van der Waals surface area contributed by atoms with Crippen molar-refractivity contribution < 1.29 is 19.1 Å². The zero-order valence-electron chi connectivity index (χ0n) is 14.3. The molecule has 1 aromatic carbocycles. The average Bonchev–Trinajstić information content (AvgIpc) is 3.08. The zero-order chi connectivity index (χ0) is 17.8. The van der Waals surface area contributed by atoms with Crippen LogP contribution in [0.4, 0.5) is 5.13 Å². The Morgan fingerprint density at radius 3 is 2.56 bits per heavy atom. The summed E-state index contributed by atoms with van der Waals surface area (Å²) in [6.07, 6.45) is 0. The van der Waals surface area contributed by atoms with Gasteiger partial charge in [-0.15, -0.1) is 0 Å². The number of nitrogens with zero attached hydrogens (tertiary/aromatic N) is 2. The molecular weight excluding hydrogens is 340 g/mol. The van der Waals surface area contributed by atoms with Gasteiger partial charge in [0.05, 0.1) is 25.5 Å². The molecule has 0 unspecified atom stereocenters. The Kier molecular flexibility index (Phi) is 5.45. The molecule has 0 radical (unpaired) electrons. The molecule has 0 atom stereocenters. The Labute approximate surface area is 150 Å². The van der Waals surface area contributed by atoms with Crippen LogP contribution in [0.15, 0.2) is 24.3 Å². The second-order valence-corrected chi connectivity index (χ2v) is 6.67. The van der Waals surface area contributed by atoms with Gasteiger partial charge in [0.2, 0.25) is 0 Å². The zero-order valence-corrected chi connectivity index (χ0v) is 15.1. The van der Waals surface area contributed by atoms with Crippen molar-refractivity contribution >= 4 is 28.2 Å². The fourth-order valence-corrected chi connectivity index (χ4v) is 3.62. The van der Waals surface area contributed by atoms with Gasteiger partial charge in [-0.1, -0.05) is 41.2 Å². The molecule has 132 valence electrons. The third-order valence-corrected chi connectivity index (χ3v) is 5.00. The SMILES string of the molecule is CCOC(=O)C(=O)c1sc(N2CCOCC2)nc1-c1ccc(C)cc1. The van der Waals surface area contributed by atoms with Crippen molar-refractivity contribution in [1.82, 2.24) is 4.98 Å². The van der Waals surface area contributed by atoms with Crippen molar-refractivity contribution in [2.45, 2.75) is 13.8 Å². The van der Waals surface area contributed by atoms with E-state index in [4.69, 9.17) is 9.47 Å². The van der Waals surface area contributed by atoms with E-state index in [2.05, 4.69) is 9.88 Å². The number of ketones is 1. The molecule has 0 N–H and O–H groups in total. The molecule has 0 saturated carbocycles. The van der Waals surface area contributed by atoms with E-state index in [0.29, 0.717) is 36.9 Å². The lowest BCUT2D eigenvalue weighted by molar-refractivity contribution is -0.137. The summed E-state index contributed by atoms with van der Waals surface area (Å²) in [5.74, 6) is -1.48. The van der Waals surface area contributed by atoms with Gasteiger partial charge >= 0.3 is 5.97 Å². The molecular formula is C18H20N2O4S. The summed E-state index contributed by atoms with van der Waals surface area (Å²) in [6.45, 7) is 6.52. The second-order valence-electron chi connectivity index (χ2n) is 5.69. The van der Waals surface area contributed by atoms with Crippen molar-refractivity contribution in [3.05, 3.63) is 34.7 Å². The number of morpholine rings is 1. The Balaban J connectivity index is 2.00. The van der Waals surface area contributed by atoms with E-state index in [1.165, 1.54) is 11.3 Å². The lowest BCUT2D eigenvalue weighted by atomic mass is 10.1. The van der Waals surface area contributed by atoms with Crippen LogP contribution in [-0.2, 0) is 14.3 Å². The highest BCUT2D eigenvalue weighted by molar-refractivity contribution is 7.18. The molecule has 0 aliphatic carbocycles. The normalized spacial score (nSPS) is 14.4. The maximum atomic E-state index is 12.5. The van der Waals surface area contributed by atoms with Crippen LogP contribution in [0, 0.1) is 6.92 Å². The van der Waals surface area contributed by atoms with Gasteiger partial charge in [0.25, 0.3) is 5.78 Å². The first-order valence-corrected chi connectivity index (χ1v) is 9.03. The number of thiazole rings is 1. The molecule has 2 aromatic rings. The summed E-state index contributed by atoms with van der Waals surface area (Å²) in [6, 6.07) is 7.74. The van der Waals surface area contributed by atoms with Crippen molar-refractivity contribution in [2.24, 2.45) is 0 Å². The molecule has 3 rings (SSSR count). The average molecular weight is 360 g/mol. The number of aryl methyl sites for hydroxylation is 1. The highest BCUT2D eigenvalue weighted by atomic mass is 32.1. The molecule has 0 amide bonds. The first kappa shape index (κ1) is 17.6. The number of hydrogen-bond acceptors (Lipinski definition) is 7. The van der Waals surface area contributed by atoms with Crippen LogP contribution in [0.25, 0.3) is 11.3 Å². The van der Waals surface area contributed by atoms with E-state index in [-0.39, 0.29) is 6.61 Å². The monoisotopic (exact) mass is 360 g/mol. The lowest BCUT2D eigenvalue weighted by Crippen LogP contribution is -2.36. The number of ether oxygens (including phenoxy) is 2. The molecule has 7 heteroatoms. The number of rotatable bonds is 5. The van der Waals surface area contributed by atoms with E-state index in [0.717, 1.165) is 16.3 Å². The number of aromatic nitrogens is 1. The predicted octanol–water partition coefficient (Wildman–Crippen LogP) is 2.70. The molecule has 0 spiro atoms. The molecule has 1 aliphatic rings. The largest absolute Gasteiger partial charge is 0.460 e. The standard InChI is InChI=1S/C18H20N2O4S/c1-3-24-17(22)15(21)16-14(13-6-4-12(2)5-7-13)19-18(25-16)20-8-10-23-11-9-20/h4-7H,3,8-11H2,1-2H3. The molecule has 1 aromatic heterocycles. The lowest BCUT2D eigenvalue weighted by Gasteiger charge is -2.26. The van der Waals surface area contributed by atoms with Crippen molar-refractivity contribution in [3.63, 3.8) is 0 Å². The Bertz CT molecular complexity index is 764. The fourth-order valence-electron chi connectivity index (χ4n) is 2.55. The molecule has 1 fully saturated rings. The first-order chi connectivity index (χ1) is 12.1. The van der Waals surface area contributed by atoms with E-state index in [1.807, 2.05) is 31.2 Å². The summed E-state index contributed by atoms with van der Waals surface area (Å²) >= 11 is 1.24. The summed E-state index contributed by atoms with van der Waals surface area (Å²) in [4.78, 5) is 31.5. The van der Waals surface area contributed by atoms with Gasteiger partial charge in [0.15, 0.2) is 5.13 Å². The van der Waals surface area contributed by atoms with Gasteiger partial charge < -0.3 is 14.4 Å². The minimum absolute atomic E-state index is 0.166. The topological polar surface area (TPSA) is 68.7 Å². The molecule has 6 nitrogen and oxygen atoms in total. The number of benzene rings is 1. The number of carbonyl (C=O) groups is 2. The number of carbonyl (C=O) groups excluding carboxylic acids is 2. The van der Waals surface area contributed by atoms with E-state index in [1.54, 1.807) is 6.92 Å². The van der Waals surface area contributed by atoms with Crippen LogP contribution in [0.3, 0.4) is 0 Å². The van der Waals surface area contributed by atoms with Gasteiger partial charge in [-0.25, -0.2) is 9.78 Å². The summed E-state index contributed by atoms with van der Waals surface area (Å²) < 4.78 is 10.2. The molecule has 2 heterocycles. The van der Waals surface area contributed by atoms with Crippen LogP contribution >= 0.6 is 11.3 Å². The number of Topliss-reactive ketones (excluding diaryl/α,β-unsaturated/α-hetero) is 1. The summed E-state index contributed by atoms with van der Waals surface area (Å²) in [7, 11) is 0. The van der Waals surface area contributed by atoms with Gasteiger partial charge in [-0.3, -0.25) is 4.79 Å². The minimum atomic E-state index is -0.840. The maximum Gasteiger partial charge on any atom is 0.380 e. The van der Waals surface area contributed by atoms with Crippen molar-refractivity contribution in [1.29, 1.82) is 0 Å². The Morgan fingerprint density at radius 2 is 1.92 bits per heavy atom. The van der Waals surface area contributed by atoms with Crippen LogP contribution in [0.2, 0.25) is 0 Å². The number of esters is 1. The van der Waals surface area contributed by atoms with E-state index in [9.17, 15) is 9.59 Å². The molecule has 1 aliphatic heterocycles. The Morgan fingerprint density at radius 1 is 1.24 bits per heavy atom. The number of hydrogen-bond donors (Lipinski definition) is 0. The van der Waals surface area contributed by atoms with Gasteiger partial charge in [-0.2, -0.15) is 0 Å². The summed E-state index contributed by atoms with van der Waals surface area (Å²) in [5, 5.41) is 0.728. The van der Waals surface area contributed by atoms with E-state index < -0.39 is 11.8 Å². The molecule has 1 saturated heterocycles. The fraction of sp³-hybridized carbons (Fsp3) is 0.389. The van der Waals surface area contributed by atoms with Crippen LogP contribution < -0.4 is 4.90 Å². The van der Waals surface area contributed by atoms with Crippen LogP contribution in [-0.4, -0.2) is 49.6 Å².